The molecule has 0 bridgehead atoms. The molecule has 0 spiro atoms. The standard InChI is InChI=1S/C23H32N4O3S/c1-5-17-6-8-19(9-7-17)20-14-31-22(25-20)26-21(28)16(3)24-15(2)18-10-12-27(13-11-18)23(29)30-4/h6-9,14-16,18,24H,5,10-13H2,1-4H3,(H,25,26,28). The molecule has 1 aromatic heterocycles. The summed E-state index contributed by atoms with van der Waals surface area (Å²) in [6.07, 6.45) is 2.52. The van der Waals surface area contributed by atoms with Crippen LogP contribution in [0.15, 0.2) is 29.6 Å². The van der Waals surface area contributed by atoms with Crippen molar-refractivity contribution in [2.24, 2.45) is 5.92 Å². The van der Waals surface area contributed by atoms with Gasteiger partial charge in [0.2, 0.25) is 5.91 Å². The van der Waals surface area contributed by atoms with Gasteiger partial charge in [-0.15, -0.1) is 11.3 Å². The SMILES string of the molecule is CCc1ccc(-c2csc(NC(=O)C(C)NC(C)C3CCN(C(=O)OC)CC3)n2)cc1. The van der Waals surface area contributed by atoms with Crippen molar-refractivity contribution in [3.63, 3.8) is 0 Å². The molecule has 2 aromatic rings. The van der Waals surface area contributed by atoms with Crippen LogP contribution in [0.1, 0.15) is 39.2 Å². The molecular weight excluding hydrogens is 412 g/mol. The summed E-state index contributed by atoms with van der Waals surface area (Å²) in [5.41, 5.74) is 3.21. The Kier molecular flexibility index (Phi) is 8.03. The third-order valence-corrected chi connectivity index (χ3v) is 6.74. The third-order valence-electron chi connectivity index (χ3n) is 5.98. The summed E-state index contributed by atoms with van der Waals surface area (Å²) in [5, 5.41) is 8.91. The number of carbonyl (C=O) groups excluding carboxylic acids is 2. The van der Waals surface area contributed by atoms with Gasteiger partial charge in [0.25, 0.3) is 0 Å². The van der Waals surface area contributed by atoms with E-state index in [1.165, 1.54) is 24.0 Å². The number of carbonyl (C=O) groups is 2. The van der Waals surface area contributed by atoms with E-state index in [1.54, 1.807) is 4.90 Å². The molecule has 168 valence electrons. The number of ether oxygens (including phenoxy) is 1. The van der Waals surface area contributed by atoms with Gasteiger partial charge in [-0.2, -0.15) is 0 Å². The van der Waals surface area contributed by atoms with Crippen LogP contribution >= 0.6 is 11.3 Å². The van der Waals surface area contributed by atoms with Crippen LogP contribution < -0.4 is 10.6 Å². The first kappa shape index (κ1) is 23.2. The maximum atomic E-state index is 12.7. The van der Waals surface area contributed by atoms with Gasteiger partial charge in [-0.3, -0.25) is 4.79 Å². The minimum Gasteiger partial charge on any atom is -0.453 e. The average Bonchev–Trinajstić information content (AvgIpc) is 3.27. The maximum absolute atomic E-state index is 12.7. The molecule has 2 heterocycles. The molecule has 8 heteroatoms. The second-order valence-electron chi connectivity index (χ2n) is 8.05. The third kappa shape index (κ3) is 6.04. The summed E-state index contributed by atoms with van der Waals surface area (Å²) in [6, 6.07) is 8.17. The van der Waals surface area contributed by atoms with Gasteiger partial charge in [0.05, 0.1) is 18.8 Å². The number of likely N-dealkylation sites (tertiary alicyclic amines) is 1. The molecule has 1 aromatic carbocycles. The molecule has 0 saturated carbocycles. The number of anilines is 1. The van der Waals surface area contributed by atoms with Crippen LogP contribution in [0, 0.1) is 5.92 Å². The highest BCUT2D eigenvalue weighted by Gasteiger charge is 2.28. The van der Waals surface area contributed by atoms with Gasteiger partial charge in [0.15, 0.2) is 5.13 Å². The minimum atomic E-state index is -0.343. The summed E-state index contributed by atoms with van der Waals surface area (Å²) < 4.78 is 4.79. The van der Waals surface area contributed by atoms with E-state index in [0.717, 1.165) is 30.5 Å². The number of amides is 2. The Bertz CT molecular complexity index is 875. The maximum Gasteiger partial charge on any atom is 0.409 e. The zero-order valence-corrected chi connectivity index (χ0v) is 19.5. The normalized spacial score (nSPS) is 16.6. The molecule has 1 aliphatic rings. The predicted octanol–water partition coefficient (Wildman–Crippen LogP) is 4.16. The lowest BCUT2D eigenvalue weighted by molar-refractivity contribution is -0.118. The lowest BCUT2D eigenvalue weighted by Crippen LogP contribution is -2.49. The van der Waals surface area contributed by atoms with Crippen molar-refractivity contribution in [2.75, 3.05) is 25.5 Å². The smallest absolute Gasteiger partial charge is 0.409 e. The Labute approximate surface area is 188 Å². The monoisotopic (exact) mass is 444 g/mol. The largest absolute Gasteiger partial charge is 0.453 e. The molecule has 0 radical (unpaired) electrons. The topological polar surface area (TPSA) is 83.6 Å². The quantitative estimate of drug-likeness (QED) is 0.670. The van der Waals surface area contributed by atoms with E-state index in [2.05, 4.69) is 53.7 Å². The number of thiazole rings is 1. The Morgan fingerprint density at radius 1 is 1.23 bits per heavy atom. The molecular formula is C23H32N4O3S. The fourth-order valence-corrected chi connectivity index (χ4v) is 4.63. The number of nitrogens with one attached hydrogen (secondary N) is 2. The Morgan fingerprint density at radius 3 is 2.52 bits per heavy atom. The summed E-state index contributed by atoms with van der Waals surface area (Å²) in [6.45, 7) is 7.47. The van der Waals surface area contributed by atoms with Gasteiger partial charge in [0.1, 0.15) is 0 Å². The van der Waals surface area contributed by atoms with Crippen molar-refractivity contribution in [1.29, 1.82) is 0 Å². The molecule has 0 aliphatic carbocycles. The molecule has 2 unspecified atom stereocenters. The number of rotatable bonds is 7. The number of methoxy groups -OCH3 is 1. The molecule has 1 fully saturated rings. The highest BCUT2D eigenvalue weighted by molar-refractivity contribution is 7.14. The molecule has 31 heavy (non-hydrogen) atoms. The van der Waals surface area contributed by atoms with Crippen LogP contribution in [0.5, 0.6) is 0 Å². The zero-order valence-electron chi connectivity index (χ0n) is 18.7. The van der Waals surface area contributed by atoms with Crippen LogP contribution in [0.4, 0.5) is 9.93 Å². The number of piperidine rings is 1. The van der Waals surface area contributed by atoms with Gasteiger partial charge in [-0.05, 0) is 44.6 Å². The van der Waals surface area contributed by atoms with Crippen LogP contribution in [-0.2, 0) is 16.0 Å². The van der Waals surface area contributed by atoms with Gasteiger partial charge in [0, 0.05) is 30.1 Å². The van der Waals surface area contributed by atoms with Crippen molar-refractivity contribution in [3.05, 3.63) is 35.2 Å². The molecule has 3 rings (SSSR count). The number of aromatic nitrogens is 1. The van der Waals surface area contributed by atoms with Crippen molar-refractivity contribution in [3.8, 4) is 11.3 Å². The molecule has 2 atom stereocenters. The van der Waals surface area contributed by atoms with Crippen molar-refractivity contribution >= 4 is 28.5 Å². The average molecular weight is 445 g/mol. The van der Waals surface area contributed by atoms with E-state index in [9.17, 15) is 9.59 Å². The van der Waals surface area contributed by atoms with Crippen LogP contribution in [0.3, 0.4) is 0 Å². The van der Waals surface area contributed by atoms with Crippen molar-refractivity contribution in [2.45, 2.75) is 52.1 Å². The fourth-order valence-electron chi connectivity index (χ4n) is 3.91. The van der Waals surface area contributed by atoms with Crippen molar-refractivity contribution in [1.82, 2.24) is 15.2 Å². The number of hydrogen-bond acceptors (Lipinski definition) is 6. The molecule has 2 amide bonds. The summed E-state index contributed by atoms with van der Waals surface area (Å²) in [7, 11) is 1.41. The molecule has 1 aliphatic heterocycles. The Balaban J connectivity index is 1.49. The number of hydrogen-bond donors (Lipinski definition) is 2. The van der Waals surface area contributed by atoms with Gasteiger partial charge in [-0.1, -0.05) is 31.2 Å². The van der Waals surface area contributed by atoms with Crippen LogP contribution in [0.25, 0.3) is 11.3 Å². The highest BCUT2D eigenvalue weighted by Crippen LogP contribution is 2.26. The first-order chi connectivity index (χ1) is 14.9. The van der Waals surface area contributed by atoms with Gasteiger partial charge in [-0.25, -0.2) is 9.78 Å². The number of nitrogens with zero attached hydrogens (tertiary/aromatic N) is 2. The molecule has 1 saturated heterocycles. The molecule has 7 nitrogen and oxygen atoms in total. The fraction of sp³-hybridized carbons (Fsp3) is 0.522. The van der Waals surface area contributed by atoms with Crippen LogP contribution in [-0.4, -0.2) is 54.2 Å². The first-order valence-electron chi connectivity index (χ1n) is 10.9. The number of aryl methyl sites for hydroxylation is 1. The Morgan fingerprint density at radius 2 is 1.90 bits per heavy atom. The van der Waals surface area contributed by atoms with E-state index >= 15 is 0 Å². The Hall–Kier alpha value is -2.45. The van der Waals surface area contributed by atoms with E-state index in [-0.39, 0.29) is 24.1 Å². The molecule has 2 N–H and O–H groups in total. The van der Waals surface area contributed by atoms with Crippen molar-refractivity contribution < 1.29 is 14.3 Å². The highest BCUT2D eigenvalue weighted by atomic mass is 32.1. The van der Waals surface area contributed by atoms with Gasteiger partial charge < -0.3 is 20.3 Å². The van der Waals surface area contributed by atoms with E-state index in [1.807, 2.05) is 12.3 Å². The summed E-state index contributed by atoms with van der Waals surface area (Å²) in [4.78, 5) is 30.6. The lowest BCUT2D eigenvalue weighted by Gasteiger charge is -2.35. The predicted molar refractivity (Wildman–Crippen MR) is 124 cm³/mol. The first-order valence-corrected chi connectivity index (χ1v) is 11.7. The lowest BCUT2D eigenvalue weighted by atomic mass is 9.90. The van der Waals surface area contributed by atoms with Crippen LogP contribution in [0.2, 0.25) is 0 Å². The van der Waals surface area contributed by atoms with E-state index in [4.69, 9.17) is 4.74 Å². The summed E-state index contributed by atoms with van der Waals surface area (Å²) in [5.74, 6) is 0.315. The van der Waals surface area contributed by atoms with E-state index in [0.29, 0.717) is 24.1 Å². The van der Waals surface area contributed by atoms with E-state index < -0.39 is 0 Å². The number of benzene rings is 1. The second-order valence-corrected chi connectivity index (χ2v) is 8.91. The second kappa shape index (κ2) is 10.7. The zero-order chi connectivity index (χ0) is 22.4. The minimum absolute atomic E-state index is 0.0962. The van der Waals surface area contributed by atoms with Gasteiger partial charge >= 0.3 is 6.09 Å². The summed E-state index contributed by atoms with van der Waals surface area (Å²) >= 11 is 1.43.